The van der Waals surface area contributed by atoms with Crippen molar-refractivity contribution < 1.29 is 4.39 Å². The summed E-state index contributed by atoms with van der Waals surface area (Å²) in [7, 11) is 0. The van der Waals surface area contributed by atoms with E-state index in [9.17, 15) is 9.18 Å². The molecule has 2 aromatic carbocycles. The van der Waals surface area contributed by atoms with Crippen LogP contribution in [0, 0.1) is 5.82 Å². The van der Waals surface area contributed by atoms with Crippen molar-refractivity contribution in [1.29, 1.82) is 0 Å². The molecule has 20 heavy (non-hydrogen) atoms. The molecule has 0 fully saturated rings. The van der Waals surface area contributed by atoms with Crippen LogP contribution in [0.4, 0.5) is 10.1 Å². The molecule has 0 saturated heterocycles. The molecule has 0 aliphatic rings. The predicted molar refractivity (Wildman–Crippen MR) is 78.1 cm³/mol. The number of fused-ring (bicyclic) bond motifs is 1. The van der Waals surface area contributed by atoms with Crippen LogP contribution in [0.5, 0.6) is 0 Å². The third-order valence-corrected chi connectivity index (χ3v) is 3.37. The van der Waals surface area contributed by atoms with Crippen LogP contribution in [0.1, 0.15) is 5.56 Å². The van der Waals surface area contributed by atoms with Gasteiger partial charge in [0.15, 0.2) is 5.43 Å². The van der Waals surface area contributed by atoms with Crippen LogP contribution < -0.4 is 11.2 Å². The molecule has 0 unspecified atom stereocenters. The van der Waals surface area contributed by atoms with Gasteiger partial charge in [0.25, 0.3) is 0 Å². The van der Waals surface area contributed by atoms with Gasteiger partial charge in [0.05, 0.1) is 12.1 Å². The van der Waals surface area contributed by atoms with Crippen molar-refractivity contribution in [2.75, 3.05) is 5.73 Å². The van der Waals surface area contributed by atoms with Crippen molar-refractivity contribution in [3.8, 4) is 0 Å². The number of halogens is 1. The second-order valence-electron chi connectivity index (χ2n) is 4.63. The van der Waals surface area contributed by atoms with Crippen LogP contribution in [-0.2, 0) is 6.54 Å². The number of benzene rings is 2. The van der Waals surface area contributed by atoms with E-state index in [4.69, 9.17) is 5.73 Å². The summed E-state index contributed by atoms with van der Waals surface area (Å²) < 4.78 is 15.7. The molecule has 0 radical (unpaired) electrons. The van der Waals surface area contributed by atoms with Crippen molar-refractivity contribution in [1.82, 2.24) is 4.57 Å². The molecule has 1 aromatic heterocycles. The maximum atomic E-state index is 13.9. The summed E-state index contributed by atoms with van der Waals surface area (Å²) in [5.74, 6) is -0.340. The first-order chi connectivity index (χ1) is 9.66. The molecule has 3 rings (SSSR count). The average Bonchev–Trinajstić information content (AvgIpc) is 2.46. The highest BCUT2D eigenvalue weighted by Gasteiger charge is 2.08. The van der Waals surface area contributed by atoms with Gasteiger partial charge in [-0.1, -0.05) is 18.2 Å². The number of hydrogen-bond acceptors (Lipinski definition) is 2. The number of pyridine rings is 1. The molecule has 0 amide bonds. The van der Waals surface area contributed by atoms with E-state index in [2.05, 4.69) is 0 Å². The van der Waals surface area contributed by atoms with Gasteiger partial charge in [-0.25, -0.2) is 4.39 Å². The molecule has 0 aliphatic heterocycles. The summed E-state index contributed by atoms with van der Waals surface area (Å²) in [5.41, 5.74) is 7.39. The summed E-state index contributed by atoms with van der Waals surface area (Å²) >= 11 is 0. The van der Waals surface area contributed by atoms with E-state index in [1.807, 2.05) is 22.8 Å². The molecular weight excluding hydrogens is 255 g/mol. The lowest BCUT2D eigenvalue weighted by Gasteiger charge is -2.13. The van der Waals surface area contributed by atoms with Crippen molar-refractivity contribution in [2.45, 2.75) is 6.54 Å². The van der Waals surface area contributed by atoms with E-state index in [0.717, 1.165) is 5.52 Å². The molecular formula is C16H13FN2O. The van der Waals surface area contributed by atoms with E-state index in [1.54, 1.807) is 24.4 Å². The Morgan fingerprint density at radius 3 is 2.65 bits per heavy atom. The van der Waals surface area contributed by atoms with E-state index < -0.39 is 0 Å². The Labute approximate surface area is 115 Å². The van der Waals surface area contributed by atoms with Crippen LogP contribution in [0.2, 0.25) is 0 Å². The maximum absolute atomic E-state index is 13.9. The lowest BCUT2D eigenvalue weighted by atomic mass is 10.1. The molecule has 2 N–H and O–H groups in total. The molecule has 0 saturated carbocycles. The Morgan fingerprint density at radius 1 is 1.05 bits per heavy atom. The monoisotopic (exact) mass is 268 g/mol. The highest BCUT2D eigenvalue weighted by Crippen LogP contribution is 2.19. The zero-order valence-corrected chi connectivity index (χ0v) is 10.7. The highest BCUT2D eigenvalue weighted by molar-refractivity contribution is 5.78. The fraction of sp³-hybridized carbons (Fsp3) is 0.0625. The number of aromatic nitrogens is 1. The smallest absolute Gasteiger partial charge is 0.189 e. The number of hydrogen-bond donors (Lipinski definition) is 1. The minimum absolute atomic E-state index is 0.0432. The molecule has 0 aliphatic carbocycles. The fourth-order valence-electron chi connectivity index (χ4n) is 2.31. The Kier molecular flexibility index (Phi) is 2.99. The van der Waals surface area contributed by atoms with Gasteiger partial charge in [-0.05, 0) is 24.3 Å². The molecule has 100 valence electrons. The van der Waals surface area contributed by atoms with Crippen molar-refractivity contribution in [3.05, 3.63) is 76.3 Å². The number of para-hydroxylation sites is 1. The van der Waals surface area contributed by atoms with Crippen LogP contribution in [0.15, 0.2) is 59.5 Å². The van der Waals surface area contributed by atoms with E-state index in [1.165, 1.54) is 12.1 Å². The van der Waals surface area contributed by atoms with Crippen molar-refractivity contribution in [3.63, 3.8) is 0 Å². The third kappa shape index (κ3) is 2.05. The predicted octanol–water partition coefficient (Wildman–Crippen LogP) is 2.77. The number of nitrogens with zero attached hydrogens (tertiary/aromatic N) is 1. The standard InChI is InChI=1S/C16H13FN2O/c17-13-5-3-6-14(18)12(13)10-19-9-8-16(20)11-4-1-2-7-15(11)19/h1-9H,10,18H2. The van der Waals surface area contributed by atoms with E-state index >= 15 is 0 Å². The minimum atomic E-state index is -0.340. The fourth-order valence-corrected chi connectivity index (χ4v) is 2.31. The quantitative estimate of drug-likeness (QED) is 0.726. The van der Waals surface area contributed by atoms with Gasteiger partial charge >= 0.3 is 0 Å². The Morgan fingerprint density at radius 2 is 1.85 bits per heavy atom. The van der Waals surface area contributed by atoms with Gasteiger partial charge in [-0.3, -0.25) is 4.79 Å². The molecule has 0 bridgehead atoms. The third-order valence-electron chi connectivity index (χ3n) is 3.37. The van der Waals surface area contributed by atoms with Crippen LogP contribution in [0.3, 0.4) is 0 Å². The Bertz CT molecular complexity index is 819. The molecule has 3 nitrogen and oxygen atoms in total. The van der Waals surface area contributed by atoms with Gasteiger partial charge in [0, 0.05) is 28.9 Å². The Balaban J connectivity index is 2.17. The number of nitrogens with two attached hydrogens (primary N) is 1. The first-order valence-corrected chi connectivity index (χ1v) is 6.28. The second kappa shape index (κ2) is 4.81. The van der Waals surface area contributed by atoms with E-state index in [0.29, 0.717) is 23.2 Å². The summed E-state index contributed by atoms with van der Waals surface area (Å²) in [6.07, 6.45) is 1.66. The van der Waals surface area contributed by atoms with Gasteiger partial charge in [0.2, 0.25) is 0 Å². The maximum Gasteiger partial charge on any atom is 0.189 e. The zero-order chi connectivity index (χ0) is 14.1. The van der Waals surface area contributed by atoms with Gasteiger partial charge in [0.1, 0.15) is 5.82 Å². The zero-order valence-electron chi connectivity index (χ0n) is 10.7. The van der Waals surface area contributed by atoms with Crippen LogP contribution in [-0.4, -0.2) is 4.57 Å². The highest BCUT2D eigenvalue weighted by atomic mass is 19.1. The topological polar surface area (TPSA) is 48.0 Å². The van der Waals surface area contributed by atoms with Crippen LogP contribution in [0.25, 0.3) is 10.9 Å². The average molecular weight is 268 g/mol. The Hall–Kier alpha value is -2.62. The SMILES string of the molecule is Nc1cccc(F)c1Cn1ccc(=O)c2ccccc21. The molecule has 0 spiro atoms. The van der Waals surface area contributed by atoms with Crippen LogP contribution >= 0.6 is 0 Å². The summed E-state index contributed by atoms with van der Waals surface area (Å²) in [6, 6.07) is 13.4. The number of rotatable bonds is 2. The van der Waals surface area contributed by atoms with Gasteiger partial charge in [-0.15, -0.1) is 0 Å². The molecule has 0 atom stereocenters. The summed E-state index contributed by atoms with van der Waals surface area (Å²) in [4.78, 5) is 11.8. The second-order valence-corrected chi connectivity index (χ2v) is 4.63. The van der Waals surface area contributed by atoms with Gasteiger partial charge < -0.3 is 10.3 Å². The van der Waals surface area contributed by atoms with E-state index in [-0.39, 0.29) is 11.2 Å². The van der Waals surface area contributed by atoms with Gasteiger partial charge in [-0.2, -0.15) is 0 Å². The largest absolute Gasteiger partial charge is 0.398 e. The molecule has 4 heteroatoms. The van der Waals surface area contributed by atoms with Crippen molar-refractivity contribution >= 4 is 16.6 Å². The van der Waals surface area contributed by atoms with Crippen molar-refractivity contribution in [2.24, 2.45) is 0 Å². The first-order valence-electron chi connectivity index (χ1n) is 6.28. The molecule has 3 aromatic rings. The summed E-state index contributed by atoms with van der Waals surface area (Å²) in [6.45, 7) is 0.291. The summed E-state index contributed by atoms with van der Waals surface area (Å²) in [5, 5.41) is 0.616. The first kappa shape index (κ1) is 12.4. The lowest BCUT2D eigenvalue weighted by Crippen LogP contribution is -2.10. The number of nitrogen functional groups attached to an aromatic ring is 1. The molecule has 1 heterocycles. The minimum Gasteiger partial charge on any atom is -0.398 e. The lowest BCUT2D eigenvalue weighted by molar-refractivity contribution is 0.603. The normalized spacial score (nSPS) is 10.8. The number of anilines is 1.